The summed E-state index contributed by atoms with van der Waals surface area (Å²) in [5.74, 6) is -0.0457. The third-order valence-corrected chi connectivity index (χ3v) is 15.7. The van der Waals surface area contributed by atoms with Crippen LogP contribution in [0.4, 0.5) is 0 Å². The second kappa shape index (κ2) is 63.9. The number of ether oxygens (including phenoxy) is 1. The number of esters is 1. The monoisotopic (exact) mass is 1040 g/mol. The molecule has 0 aliphatic rings. The Morgan fingerprint density at radius 3 is 0.959 bits per heavy atom. The molecule has 0 radical (unpaired) electrons. The first-order valence-electron chi connectivity index (χ1n) is 33.6. The van der Waals surface area contributed by atoms with Crippen molar-refractivity contribution >= 4 is 11.9 Å². The SMILES string of the molecule is CCCCCCCCCCC/C=C/C(O)C(CO)NC(=O)CCCCCCCCCCCCCCCC/C=C\CCCCCCCCCCCCCCOC(=O)CCCCCCCCCCCCCCCCCC. The highest BCUT2D eigenvalue weighted by Gasteiger charge is 2.18. The van der Waals surface area contributed by atoms with Crippen molar-refractivity contribution < 1.29 is 24.5 Å². The Labute approximate surface area is 462 Å². The summed E-state index contributed by atoms with van der Waals surface area (Å²) in [6.07, 6.45) is 79.7. The van der Waals surface area contributed by atoms with Gasteiger partial charge in [-0.15, -0.1) is 0 Å². The minimum atomic E-state index is -0.841. The molecule has 2 unspecified atom stereocenters. The van der Waals surface area contributed by atoms with Crippen molar-refractivity contribution in [3.8, 4) is 0 Å². The molecule has 0 aliphatic heterocycles. The molecule has 0 spiro atoms. The van der Waals surface area contributed by atoms with Crippen molar-refractivity contribution in [3.05, 3.63) is 24.3 Å². The molecular weight excluding hydrogens is 911 g/mol. The second-order valence-corrected chi connectivity index (χ2v) is 23.2. The van der Waals surface area contributed by atoms with E-state index >= 15 is 0 Å². The summed E-state index contributed by atoms with van der Waals surface area (Å²) in [4.78, 5) is 24.5. The summed E-state index contributed by atoms with van der Waals surface area (Å²) in [5, 5.41) is 23.0. The van der Waals surface area contributed by atoms with Crippen LogP contribution in [0.15, 0.2) is 24.3 Å². The highest BCUT2D eigenvalue weighted by atomic mass is 16.5. The molecule has 2 atom stereocenters. The van der Waals surface area contributed by atoms with Gasteiger partial charge in [-0.05, 0) is 57.8 Å². The number of unbranched alkanes of at least 4 members (excludes halogenated alkanes) is 50. The number of carbonyl (C=O) groups excluding carboxylic acids is 2. The zero-order chi connectivity index (χ0) is 53.6. The standard InChI is InChI=1S/C68H131NO5/c1-3-5-7-9-11-13-15-16-17-35-38-42-46-50-54-58-62-68(73)74-63-59-55-51-47-43-39-36-33-31-29-27-25-23-21-19-18-20-22-24-26-28-30-32-34-37-41-45-49-53-57-61-67(72)69-65(64-70)66(71)60-56-52-48-44-40-14-12-10-8-6-4-2/h19,21,56,60,65-66,70-71H,3-18,20,22-55,57-59,61-64H2,1-2H3,(H,69,72)/b21-19-,60-56+. The van der Waals surface area contributed by atoms with Crippen LogP contribution in [-0.4, -0.2) is 47.4 Å². The topological polar surface area (TPSA) is 95.9 Å². The highest BCUT2D eigenvalue weighted by molar-refractivity contribution is 5.76. The van der Waals surface area contributed by atoms with E-state index in [1.54, 1.807) is 6.08 Å². The van der Waals surface area contributed by atoms with Crippen LogP contribution in [0.3, 0.4) is 0 Å². The molecule has 0 aromatic carbocycles. The number of amides is 1. The fraction of sp³-hybridized carbons (Fsp3) is 0.912. The first kappa shape index (κ1) is 72.3. The van der Waals surface area contributed by atoms with Crippen LogP contribution in [0.1, 0.15) is 373 Å². The van der Waals surface area contributed by atoms with Crippen molar-refractivity contribution in [2.24, 2.45) is 0 Å². The number of carbonyl (C=O) groups is 2. The van der Waals surface area contributed by atoms with Crippen LogP contribution in [0, 0.1) is 0 Å². The summed E-state index contributed by atoms with van der Waals surface area (Å²) in [7, 11) is 0. The van der Waals surface area contributed by atoms with Crippen molar-refractivity contribution in [3.63, 3.8) is 0 Å². The van der Waals surface area contributed by atoms with E-state index in [0.29, 0.717) is 19.4 Å². The van der Waals surface area contributed by atoms with Crippen LogP contribution >= 0.6 is 0 Å². The van der Waals surface area contributed by atoms with Crippen molar-refractivity contribution in [2.75, 3.05) is 13.2 Å². The molecule has 0 fully saturated rings. The lowest BCUT2D eigenvalue weighted by Gasteiger charge is -2.20. The number of aliphatic hydroxyl groups excluding tert-OH is 2. The van der Waals surface area contributed by atoms with E-state index < -0.39 is 12.1 Å². The molecule has 0 saturated heterocycles. The van der Waals surface area contributed by atoms with Gasteiger partial charge in [0.05, 0.1) is 25.4 Å². The number of rotatable bonds is 63. The summed E-state index contributed by atoms with van der Waals surface area (Å²) in [6, 6.07) is -0.625. The van der Waals surface area contributed by atoms with E-state index in [4.69, 9.17) is 4.74 Å². The van der Waals surface area contributed by atoms with Crippen LogP contribution in [-0.2, 0) is 14.3 Å². The third-order valence-electron chi connectivity index (χ3n) is 15.7. The van der Waals surface area contributed by atoms with Crippen LogP contribution in [0.25, 0.3) is 0 Å². The molecule has 1 amide bonds. The van der Waals surface area contributed by atoms with Gasteiger partial charge >= 0.3 is 5.97 Å². The lowest BCUT2D eigenvalue weighted by molar-refractivity contribution is -0.143. The molecule has 0 bridgehead atoms. The number of nitrogens with one attached hydrogen (secondary N) is 1. The minimum Gasteiger partial charge on any atom is -0.466 e. The second-order valence-electron chi connectivity index (χ2n) is 23.2. The van der Waals surface area contributed by atoms with Gasteiger partial charge in [-0.25, -0.2) is 0 Å². The Hall–Kier alpha value is -1.66. The molecule has 3 N–H and O–H groups in total. The van der Waals surface area contributed by atoms with Gasteiger partial charge in [0.1, 0.15) is 0 Å². The van der Waals surface area contributed by atoms with Gasteiger partial charge in [0, 0.05) is 12.8 Å². The van der Waals surface area contributed by atoms with E-state index in [2.05, 4.69) is 31.3 Å². The van der Waals surface area contributed by atoms with Gasteiger partial charge in [0.15, 0.2) is 0 Å². The molecule has 0 aliphatic carbocycles. The van der Waals surface area contributed by atoms with Crippen molar-refractivity contribution in [1.82, 2.24) is 5.32 Å². The Kier molecular flexibility index (Phi) is 62.4. The Morgan fingerprint density at radius 1 is 0.365 bits per heavy atom. The maximum absolute atomic E-state index is 12.4. The minimum absolute atomic E-state index is 0.0207. The van der Waals surface area contributed by atoms with Gasteiger partial charge in [0.25, 0.3) is 0 Å². The third kappa shape index (κ3) is 59.6. The van der Waals surface area contributed by atoms with E-state index in [-0.39, 0.29) is 18.5 Å². The van der Waals surface area contributed by atoms with Gasteiger partial charge < -0.3 is 20.3 Å². The molecule has 0 aromatic heterocycles. The van der Waals surface area contributed by atoms with Gasteiger partial charge in [0.2, 0.25) is 5.91 Å². The van der Waals surface area contributed by atoms with Crippen LogP contribution < -0.4 is 5.32 Å². The molecule has 0 aromatic rings. The average Bonchev–Trinajstić information content (AvgIpc) is 3.40. The quantitative estimate of drug-likeness (QED) is 0.0320. The summed E-state index contributed by atoms with van der Waals surface area (Å²) in [5.41, 5.74) is 0. The van der Waals surface area contributed by atoms with Crippen LogP contribution in [0.5, 0.6) is 0 Å². The number of hydrogen-bond acceptors (Lipinski definition) is 5. The first-order valence-corrected chi connectivity index (χ1v) is 33.6. The molecule has 0 rings (SSSR count). The molecule has 438 valence electrons. The predicted molar refractivity (Wildman–Crippen MR) is 324 cm³/mol. The Morgan fingerprint density at radius 2 is 0.635 bits per heavy atom. The summed E-state index contributed by atoms with van der Waals surface area (Å²) in [6.45, 7) is 4.92. The van der Waals surface area contributed by atoms with Gasteiger partial charge in [-0.2, -0.15) is 0 Å². The summed E-state index contributed by atoms with van der Waals surface area (Å²) < 4.78 is 5.50. The average molecular weight is 1040 g/mol. The van der Waals surface area contributed by atoms with Crippen LogP contribution in [0.2, 0.25) is 0 Å². The number of aliphatic hydroxyl groups is 2. The maximum Gasteiger partial charge on any atom is 0.305 e. The van der Waals surface area contributed by atoms with E-state index in [1.807, 2.05) is 6.08 Å². The molecule has 0 heterocycles. The predicted octanol–water partition coefficient (Wildman–Crippen LogP) is 21.4. The first-order chi connectivity index (χ1) is 36.5. The lowest BCUT2D eigenvalue weighted by atomic mass is 10.0. The zero-order valence-corrected chi connectivity index (χ0v) is 50.1. The molecular formula is C68H131NO5. The Bertz CT molecular complexity index is 1150. The normalized spacial score (nSPS) is 12.6. The number of hydrogen-bond donors (Lipinski definition) is 3. The fourth-order valence-electron chi connectivity index (χ4n) is 10.6. The molecule has 0 saturated carbocycles. The Balaban J connectivity index is 3.34. The van der Waals surface area contributed by atoms with E-state index in [1.165, 1.54) is 308 Å². The van der Waals surface area contributed by atoms with E-state index in [0.717, 1.165) is 38.5 Å². The lowest BCUT2D eigenvalue weighted by Crippen LogP contribution is -2.45. The molecule has 6 nitrogen and oxygen atoms in total. The van der Waals surface area contributed by atoms with E-state index in [9.17, 15) is 19.8 Å². The van der Waals surface area contributed by atoms with Gasteiger partial charge in [-0.3, -0.25) is 9.59 Å². The van der Waals surface area contributed by atoms with Crippen molar-refractivity contribution in [1.29, 1.82) is 0 Å². The molecule has 6 heteroatoms. The highest BCUT2D eigenvalue weighted by Crippen LogP contribution is 2.18. The smallest absolute Gasteiger partial charge is 0.305 e. The largest absolute Gasteiger partial charge is 0.466 e. The summed E-state index contributed by atoms with van der Waals surface area (Å²) >= 11 is 0. The van der Waals surface area contributed by atoms with Gasteiger partial charge in [-0.1, -0.05) is 327 Å². The van der Waals surface area contributed by atoms with Crippen molar-refractivity contribution in [2.45, 2.75) is 386 Å². The number of allylic oxidation sites excluding steroid dienone is 3. The fourth-order valence-corrected chi connectivity index (χ4v) is 10.6. The maximum atomic E-state index is 12.4. The zero-order valence-electron chi connectivity index (χ0n) is 50.1. The molecule has 74 heavy (non-hydrogen) atoms.